The maximum Gasteiger partial charge on any atom is 0.283 e. The highest BCUT2D eigenvalue weighted by molar-refractivity contribution is 5.98. The van der Waals surface area contributed by atoms with Crippen LogP contribution < -0.4 is 30.4 Å². The van der Waals surface area contributed by atoms with Crippen LogP contribution in [0.25, 0.3) is 0 Å². The molecule has 0 aliphatic carbocycles. The fraction of sp³-hybridized carbons (Fsp3) is 0.211. The van der Waals surface area contributed by atoms with Gasteiger partial charge in [-0.25, -0.2) is 0 Å². The van der Waals surface area contributed by atoms with Crippen molar-refractivity contribution in [3.05, 3.63) is 54.1 Å². The second-order valence-corrected chi connectivity index (χ2v) is 5.78. The van der Waals surface area contributed by atoms with Gasteiger partial charge in [-0.2, -0.15) is 0 Å². The lowest BCUT2D eigenvalue weighted by atomic mass is 10.2. The molecule has 0 bridgehead atoms. The molecule has 1 heterocycles. The number of rotatable bonds is 5. The molecule has 9 nitrogen and oxygen atoms in total. The predicted octanol–water partition coefficient (Wildman–Crippen LogP) is 0.412. The SMILES string of the molecule is COc1ccccc1C(=O)NCC(=O)NNC(=O)[C@H]1COc2ccccc2O1. The van der Waals surface area contributed by atoms with Crippen molar-refractivity contribution >= 4 is 17.7 Å². The number of carbonyl (C=O) groups is 3. The molecule has 2 aromatic rings. The first-order valence-corrected chi connectivity index (χ1v) is 8.47. The highest BCUT2D eigenvalue weighted by Gasteiger charge is 2.27. The van der Waals surface area contributed by atoms with Gasteiger partial charge in [0.2, 0.25) is 6.10 Å². The highest BCUT2D eigenvalue weighted by atomic mass is 16.6. The summed E-state index contributed by atoms with van der Waals surface area (Å²) in [4.78, 5) is 36.1. The smallest absolute Gasteiger partial charge is 0.283 e. The van der Waals surface area contributed by atoms with Crippen molar-refractivity contribution in [3.63, 3.8) is 0 Å². The molecule has 0 saturated carbocycles. The molecule has 1 aliphatic heterocycles. The second kappa shape index (κ2) is 8.76. The van der Waals surface area contributed by atoms with Gasteiger partial charge < -0.3 is 19.5 Å². The van der Waals surface area contributed by atoms with Crippen LogP contribution in [-0.2, 0) is 9.59 Å². The van der Waals surface area contributed by atoms with Gasteiger partial charge >= 0.3 is 0 Å². The van der Waals surface area contributed by atoms with Gasteiger partial charge in [0.1, 0.15) is 12.4 Å². The number of amides is 3. The van der Waals surface area contributed by atoms with Gasteiger partial charge in [0.25, 0.3) is 17.7 Å². The van der Waals surface area contributed by atoms with Crippen LogP contribution in [0.4, 0.5) is 0 Å². The Morgan fingerprint density at radius 3 is 2.54 bits per heavy atom. The number of hydrogen-bond donors (Lipinski definition) is 3. The second-order valence-electron chi connectivity index (χ2n) is 5.78. The molecular formula is C19H19N3O6. The first-order valence-electron chi connectivity index (χ1n) is 8.47. The number of fused-ring (bicyclic) bond motifs is 1. The highest BCUT2D eigenvalue weighted by Crippen LogP contribution is 2.30. The van der Waals surface area contributed by atoms with Crippen LogP contribution in [0.15, 0.2) is 48.5 Å². The number of hydrogen-bond acceptors (Lipinski definition) is 6. The van der Waals surface area contributed by atoms with E-state index in [4.69, 9.17) is 14.2 Å². The zero-order valence-electron chi connectivity index (χ0n) is 15.1. The van der Waals surface area contributed by atoms with Gasteiger partial charge in [-0.15, -0.1) is 0 Å². The van der Waals surface area contributed by atoms with E-state index in [0.29, 0.717) is 22.8 Å². The quantitative estimate of drug-likeness (QED) is 0.643. The largest absolute Gasteiger partial charge is 0.496 e. The van der Waals surface area contributed by atoms with E-state index in [1.165, 1.54) is 7.11 Å². The van der Waals surface area contributed by atoms with Gasteiger partial charge in [0.15, 0.2) is 11.5 Å². The summed E-state index contributed by atoms with van der Waals surface area (Å²) in [5, 5.41) is 2.45. The summed E-state index contributed by atoms with van der Waals surface area (Å²) in [6.07, 6.45) is -0.904. The third-order valence-corrected chi connectivity index (χ3v) is 3.89. The molecule has 146 valence electrons. The summed E-state index contributed by atoms with van der Waals surface area (Å²) in [5.74, 6) is -0.255. The van der Waals surface area contributed by atoms with Crippen LogP contribution >= 0.6 is 0 Å². The topological polar surface area (TPSA) is 115 Å². The van der Waals surface area contributed by atoms with Crippen molar-refractivity contribution in [3.8, 4) is 17.2 Å². The molecule has 1 atom stereocenters. The molecule has 3 amide bonds. The van der Waals surface area contributed by atoms with Crippen LogP contribution in [0.2, 0.25) is 0 Å². The average Bonchev–Trinajstić information content (AvgIpc) is 2.75. The Hall–Kier alpha value is -3.75. The minimum absolute atomic E-state index is 0.0171. The van der Waals surface area contributed by atoms with Crippen molar-refractivity contribution < 1.29 is 28.6 Å². The lowest BCUT2D eigenvalue weighted by Crippen LogP contribution is -2.52. The fourth-order valence-corrected chi connectivity index (χ4v) is 2.49. The van der Waals surface area contributed by atoms with E-state index in [2.05, 4.69) is 16.2 Å². The van der Waals surface area contributed by atoms with E-state index < -0.39 is 23.8 Å². The predicted molar refractivity (Wildman–Crippen MR) is 98.0 cm³/mol. The summed E-state index contributed by atoms with van der Waals surface area (Å²) >= 11 is 0. The van der Waals surface area contributed by atoms with Gasteiger partial charge in [-0.05, 0) is 24.3 Å². The van der Waals surface area contributed by atoms with E-state index in [9.17, 15) is 14.4 Å². The number of carbonyl (C=O) groups excluding carboxylic acids is 3. The molecular weight excluding hydrogens is 366 g/mol. The Bertz CT molecular complexity index is 885. The number of para-hydroxylation sites is 3. The lowest BCUT2D eigenvalue weighted by Gasteiger charge is -2.25. The molecule has 3 rings (SSSR count). The zero-order valence-corrected chi connectivity index (χ0v) is 15.1. The van der Waals surface area contributed by atoms with E-state index >= 15 is 0 Å². The minimum atomic E-state index is -0.904. The maximum absolute atomic E-state index is 12.1. The fourth-order valence-electron chi connectivity index (χ4n) is 2.49. The maximum atomic E-state index is 12.1. The van der Waals surface area contributed by atoms with E-state index in [1.807, 2.05) is 0 Å². The van der Waals surface area contributed by atoms with Crippen LogP contribution in [0, 0.1) is 0 Å². The Kier molecular flexibility index (Phi) is 5.95. The van der Waals surface area contributed by atoms with Crippen molar-refractivity contribution in [2.45, 2.75) is 6.10 Å². The molecule has 2 aromatic carbocycles. The van der Waals surface area contributed by atoms with Crippen LogP contribution in [0.5, 0.6) is 17.2 Å². The molecule has 0 saturated heterocycles. The molecule has 3 N–H and O–H groups in total. The molecule has 0 fully saturated rings. The summed E-state index contributed by atoms with van der Waals surface area (Å²) in [7, 11) is 1.45. The summed E-state index contributed by atoms with van der Waals surface area (Å²) in [6, 6.07) is 13.6. The molecule has 1 aliphatic rings. The number of methoxy groups -OCH3 is 1. The Morgan fingerprint density at radius 2 is 1.75 bits per heavy atom. The summed E-state index contributed by atoms with van der Waals surface area (Å²) in [5.41, 5.74) is 4.77. The van der Waals surface area contributed by atoms with E-state index in [-0.39, 0.29) is 13.2 Å². The van der Waals surface area contributed by atoms with Crippen LogP contribution in [-0.4, -0.2) is 44.1 Å². The normalized spacial score (nSPS) is 14.5. The van der Waals surface area contributed by atoms with Gasteiger partial charge in [0.05, 0.1) is 19.2 Å². The first kappa shape index (κ1) is 19.0. The van der Waals surface area contributed by atoms with Gasteiger partial charge in [0, 0.05) is 0 Å². The molecule has 28 heavy (non-hydrogen) atoms. The Morgan fingerprint density at radius 1 is 1.04 bits per heavy atom. The van der Waals surface area contributed by atoms with Crippen LogP contribution in [0.3, 0.4) is 0 Å². The molecule has 0 aromatic heterocycles. The monoisotopic (exact) mass is 385 g/mol. The van der Waals surface area contributed by atoms with Crippen molar-refractivity contribution in [2.24, 2.45) is 0 Å². The van der Waals surface area contributed by atoms with Gasteiger partial charge in [-0.1, -0.05) is 24.3 Å². The Labute approximate surface area is 160 Å². The number of hydrazine groups is 1. The number of benzene rings is 2. The number of ether oxygens (including phenoxy) is 3. The van der Waals surface area contributed by atoms with Crippen molar-refractivity contribution in [1.82, 2.24) is 16.2 Å². The van der Waals surface area contributed by atoms with Crippen LogP contribution in [0.1, 0.15) is 10.4 Å². The van der Waals surface area contributed by atoms with E-state index in [1.54, 1.807) is 48.5 Å². The van der Waals surface area contributed by atoms with Crippen molar-refractivity contribution in [1.29, 1.82) is 0 Å². The minimum Gasteiger partial charge on any atom is -0.496 e. The molecule has 0 spiro atoms. The summed E-state index contributed by atoms with van der Waals surface area (Å²) in [6.45, 7) is -0.314. The average molecular weight is 385 g/mol. The Balaban J connectivity index is 1.44. The lowest BCUT2D eigenvalue weighted by molar-refractivity contribution is -0.134. The first-order chi connectivity index (χ1) is 13.6. The molecule has 9 heteroatoms. The molecule has 0 radical (unpaired) electrons. The molecule has 0 unspecified atom stereocenters. The van der Waals surface area contributed by atoms with Gasteiger partial charge in [-0.3, -0.25) is 25.2 Å². The number of nitrogens with one attached hydrogen (secondary N) is 3. The third kappa shape index (κ3) is 4.50. The third-order valence-electron chi connectivity index (χ3n) is 3.89. The van der Waals surface area contributed by atoms with Crippen molar-refractivity contribution in [2.75, 3.05) is 20.3 Å². The zero-order chi connectivity index (χ0) is 19.9. The standard InChI is InChI=1S/C19H19N3O6/c1-26-13-7-3-2-6-12(13)18(24)20-10-17(23)21-22-19(25)16-11-27-14-8-4-5-9-15(14)28-16/h2-9,16H,10-11H2,1H3,(H,20,24)(H,21,23)(H,22,25)/t16-/m1/s1. The van der Waals surface area contributed by atoms with E-state index in [0.717, 1.165) is 0 Å². The summed E-state index contributed by atoms with van der Waals surface area (Å²) < 4.78 is 16.1.